The van der Waals surface area contributed by atoms with Crippen molar-refractivity contribution in [2.75, 3.05) is 6.54 Å². The van der Waals surface area contributed by atoms with Crippen molar-refractivity contribution in [2.45, 2.75) is 31.8 Å². The third kappa shape index (κ3) is 3.11. The first kappa shape index (κ1) is 13.8. The van der Waals surface area contributed by atoms with Crippen LogP contribution in [0.3, 0.4) is 0 Å². The van der Waals surface area contributed by atoms with Crippen LogP contribution in [0.15, 0.2) is 36.5 Å². The molecule has 0 saturated carbocycles. The fraction of sp³-hybridized carbons (Fsp3) is 0.400. The minimum atomic E-state index is -0.155. The summed E-state index contributed by atoms with van der Waals surface area (Å²) in [5.41, 5.74) is 1.71. The van der Waals surface area contributed by atoms with Crippen LogP contribution in [0.2, 0.25) is 0 Å². The van der Waals surface area contributed by atoms with Crippen molar-refractivity contribution >= 4 is 5.91 Å². The lowest BCUT2D eigenvalue weighted by molar-refractivity contribution is -0.123. The highest BCUT2D eigenvalue weighted by Crippen LogP contribution is 2.13. The Labute approximate surface area is 123 Å². The van der Waals surface area contributed by atoms with E-state index in [-0.39, 0.29) is 18.0 Å². The van der Waals surface area contributed by atoms with Crippen LogP contribution in [-0.2, 0) is 4.79 Å². The van der Waals surface area contributed by atoms with Crippen LogP contribution in [0.5, 0.6) is 0 Å². The molecule has 1 aromatic carbocycles. The average molecular weight is 285 g/mol. The highest BCUT2D eigenvalue weighted by Gasteiger charge is 2.24. The summed E-state index contributed by atoms with van der Waals surface area (Å²) in [6, 6.07) is 9.56. The van der Waals surface area contributed by atoms with Gasteiger partial charge in [-0.2, -0.15) is 0 Å². The number of hydrogen-bond donors (Lipinski definition) is 2. The van der Waals surface area contributed by atoms with E-state index in [9.17, 15) is 4.79 Å². The van der Waals surface area contributed by atoms with Gasteiger partial charge >= 0.3 is 0 Å². The summed E-state index contributed by atoms with van der Waals surface area (Å²) in [6.07, 6.45) is 3.80. The number of aromatic nitrogens is 3. The molecular weight excluding hydrogens is 266 g/mol. The number of rotatable bonds is 4. The number of nitrogens with one attached hydrogen (secondary N) is 2. The van der Waals surface area contributed by atoms with Crippen molar-refractivity contribution in [1.29, 1.82) is 0 Å². The molecule has 0 spiro atoms. The van der Waals surface area contributed by atoms with Crippen LogP contribution in [0, 0.1) is 0 Å². The molecule has 6 heteroatoms. The second-order valence-corrected chi connectivity index (χ2v) is 5.30. The number of nitrogens with zero attached hydrogens (tertiary/aromatic N) is 3. The van der Waals surface area contributed by atoms with E-state index in [1.807, 2.05) is 43.5 Å². The zero-order valence-corrected chi connectivity index (χ0v) is 12.0. The SMILES string of the molecule is CC(NC(=O)C1CCCN1)c1cn(-c2ccccc2)nn1. The second-order valence-electron chi connectivity index (χ2n) is 5.30. The normalized spacial score (nSPS) is 19.4. The summed E-state index contributed by atoms with van der Waals surface area (Å²) in [5, 5.41) is 14.4. The minimum Gasteiger partial charge on any atom is -0.347 e. The maximum atomic E-state index is 12.1. The van der Waals surface area contributed by atoms with Crippen LogP contribution in [-0.4, -0.2) is 33.5 Å². The molecule has 0 bridgehead atoms. The number of amides is 1. The highest BCUT2D eigenvalue weighted by atomic mass is 16.2. The van der Waals surface area contributed by atoms with E-state index in [1.165, 1.54) is 0 Å². The van der Waals surface area contributed by atoms with Crippen molar-refractivity contribution in [1.82, 2.24) is 25.6 Å². The van der Waals surface area contributed by atoms with Crippen molar-refractivity contribution in [3.05, 3.63) is 42.2 Å². The first-order valence-corrected chi connectivity index (χ1v) is 7.25. The molecule has 21 heavy (non-hydrogen) atoms. The number of carbonyl (C=O) groups is 1. The molecule has 2 unspecified atom stereocenters. The van der Waals surface area contributed by atoms with Gasteiger partial charge in [0.25, 0.3) is 0 Å². The van der Waals surface area contributed by atoms with E-state index in [0.717, 1.165) is 30.8 Å². The molecule has 1 aliphatic rings. The van der Waals surface area contributed by atoms with E-state index in [1.54, 1.807) is 4.68 Å². The van der Waals surface area contributed by atoms with E-state index in [0.29, 0.717) is 0 Å². The molecule has 2 aromatic rings. The van der Waals surface area contributed by atoms with Gasteiger partial charge in [0.1, 0.15) is 5.69 Å². The second kappa shape index (κ2) is 6.05. The lowest BCUT2D eigenvalue weighted by Gasteiger charge is -2.15. The zero-order valence-electron chi connectivity index (χ0n) is 12.0. The maximum Gasteiger partial charge on any atom is 0.237 e. The monoisotopic (exact) mass is 285 g/mol. The van der Waals surface area contributed by atoms with Crippen molar-refractivity contribution < 1.29 is 4.79 Å². The molecular formula is C15H19N5O. The first-order chi connectivity index (χ1) is 10.2. The van der Waals surface area contributed by atoms with Gasteiger partial charge in [0.2, 0.25) is 5.91 Å². The molecule has 2 N–H and O–H groups in total. The summed E-state index contributed by atoms with van der Waals surface area (Å²) >= 11 is 0. The fourth-order valence-electron chi connectivity index (χ4n) is 2.48. The van der Waals surface area contributed by atoms with Crippen molar-refractivity contribution in [3.63, 3.8) is 0 Å². The van der Waals surface area contributed by atoms with E-state index < -0.39 is 0 Å². The minimum absolute atomic E-state index is 0.0364. The molecule has 110 valence electrons. The van der Waals surface area contributed by atoms with Gasteiger partial charge < -0.3 is 10.6 Å². The van der Waals surface area contributed by atoms with Crippen LogP contribution in [0.1, 0.15) is 31.5 Å². The predicted molar refractivity (Wildman–Crippen MR) is 78.9 cm³/mol. The average Bonchev–Trinajstić information content (AvgIpc) is 3.20. The predicted octanol–water partition coefficient (Wildman–Crippen LogP) is 1.20. The van der Waals surface area contributed by atoms with Gasteiger partial charge in [-0.1, -0.05) is 23.4 Å². The van der Waals surface area contributed by atoms with Crippen molar-refractivity contribution in [2.24, 2.45) is 0 Å². The number of para-hydroxylation sites is 1. The van der Waals surface area contributed by atoms with Crippen LogP contribution >= 0.6 is 0 Å². The van der Waals surface area contributed by atoms with Gasteiger partial charge in [0.05, 0.1) is 24.0 Å². The molecule has 1 fully saturated rings. The fourth-order valence-corrected chi connectivity index (χ4v) is 2.48. The third-order valence-corrected chi connectivity index (χ3v) is 3.71. The smallest absolute Gasteiger partial charge is 0.237 e. The lowest BCUT2D eigenvalue weighted by Crippen LogP contribution is -2.41. The summed E-state index contributed by atoms with van der Waals surface area (Å²) < 4.78 is 1.71. The Kier molecular flexibility index (Phi) is 3.96. The molecule has 3 rings (SSSR count). The zero-order chi connectivity index (χ0) is 14.7. The number of benzene rings is 1. The topological polar surface area (TPSA) is 71.8 Å². The third-order valence-electron chi connectivity index (χ3n) is 3.71. The van der Waals surface area contributed by atoms with E-state index in [2.05, 4.69) is 20.9 Å². The largest absolute Gasteiger partial charge is 0.347 e. The van der Waals surface area contributed by atoms with Crippen LogP contribution in [0.4, 0.5) is 0 Å². The molecule has 1 saturated heterocycles. The Morgan fingerprint density at radius 3 is 2.95 bits per heavy atom. The molecule has 1 aliphatic heterocycles. The van der Waals surface area contributed by atoms with Crippen molar-refractivity contribution in [3.8, 4) is 5.69 Å². The molecule has 0 aliphatic carbocycles. The molecule has 0 radical (unpaired) electrons. The van der Waals surface area contributed by atoms with Crippen LogP contribution < -0.4 is 10.6 Å². The van der Waals surface area contributed by atoms with E-state index >= 15 is 0 Å². The van der Waals surface area contributed by atoms with Gasteiger partial charge in [0, 0.05) is 0 Å². The Balaban J connectivity index is 1.66. The molecule has 6 nitrogen and oxygen atoms in total. The lowest BCUT2D eigenvalue weighted by atomic mass is 10.2. The Bertz CT molecular complexity index is 604. The van der Waals surface area contributed by atoms with Gasteiger partial charge in [-0.15, -0.1) is 5.10 Å². The highest BCUT2D eigenvalue weighted by molar-refractivity contribution is 5.82. The molecule has 1 amide bonds. The Hall–Kier alpha value is -2.21. The summed E-state index contributed by atoms with van der Waals surface area (Å²) in [6.45, 7) is 2.84. The van der Waals surface area contributed by atoms with Gasteiger partial charge in [-0.25, -0.2) is 4.68 Å². The van der Waals surface area contributed by atoms with Gasteiger partial charge in [0.15, 0.2) is 0 Å². The van der Waals surface area contributed by atoms with Gasteiger partial charge in [-0.3, -0.25) is 4.79 Å². The van der Waals surface area contributed by atoms with Gasteiger partial charge in [-0.05, 0) is 38.4 Å². The van der Waals surface area contributed by atoms with E-state index in [4.69, 9.17) is 0 Å². The molecule has 1 aromatic heterocycles. The summed E-state index contributed by atoms with van der Waals surface area (Å²) in [5.74, 6) is 0.0364. The summed E-state index contributed by atoms with van der Waals surface area (Å²) in [4.78, 5) is 12.1. The van der Waals surface area contributed by atoms with Crippen LogP contribution in [0.25, 0.3) is 5.69 Å². The maximum absolute atomic E-state index is 12.1. The number of carbonyl (C=O) groups excluding carboxylic acids is 1. The first-order valence-electron chi connectivity index (χ1n) is 7.25. The Morgan fingerprint density at radius 2 is 2.24 bits per heavy atom. The number of hydrogen-bond acceptors (Lipinski definition) is 4. The standard InChI is InChI=1S/C15H19N5O/c1-11(17-15(21)13-8-5-9-16-13)14-10-20(19-18-14)12-6-3-2-4-7-12/h2-4,6-7,10-11,13,16H,5,8-9H2,1H3,(H,17,21). The Morgan fingerprint density at radius 1 is 1.43 bits per heavy atom. The molecule has 2 heterocycles. The summed E-state index contributed by atoms with van der Waals surface area (Å²) in [7, 11) is 0. The quantitative estimate of drug-likeness (QED) is 0.885. The molecule has 2 atom stereocenters.